The van der Waals surface area contributed by atoms with Crippen molar-refractivity contribution in [2.75, 3.05) is 18.0 Å². The van der Waals surface area contributed by atoms with Gasteiger partial charge < -0.3 is 10.0 Å². The van der Waals surface area contributed by atoms with Gasteiger partial charge >= 0.3 is 41.7 Å². The summed E-state index contributed by atoms with van der Waals surface area (Å²) < 4.78 is 202. The van der Waals surface area contributed by atoms with Crippen molar-refractivity contribution in [3.05, 3.63) is 29.8 Å². The third-order valence-electron chi connectivity index (χ3n) is 5.55. The molecule has 37 heavy (non-hydrogen) atoms. The first-order valence-corrected chi connectivity index (χ1v) is 10.1. The van der Waals surface area contributed by atoms with Gasteiger partial charge in [0.1, 0.15) is 0 Å². The molecule has 0 spiro atoms. The van der Waals surface area contributed by atoms with E-state index < -0.39 is 59.3 Å². The smallest absolute Gasteiger partial charge is 0.385 e. The van der Waals surface area contributed by atoms with Crippen LogP contribution in [0.1, 0.15) is 32.8 Å². The summed E-state index contributed by atoms with van der Waals surface area (Å²) in [6, 6.07) is 4.41. The van der Waals surface area contributed by atoms with Crippen LogP contribution in [0.25, 0.3) is 0 Å². The first kappa shape index (κ1) is 33.0. The van der Waals surface area contributed by atoms with Gasteiger partial charge in [-0.15, -0.1) is 0 Å². The molecule has 2 nitrogen and oxygen atoms in total. The van der Waals surface area contributed by atoms with Gasteiger partial charge in [-0.25, -0.2) is 0 Å². The Hall–Kier alpha value is -2.07. The maximum atomic E-state index is 14.4. The van der Waals surface area contributed by atoms with E-state index in [1.807, 2.05) is 0 Å². The Balaban J connectivity index is 3.62. The second-order valence-electron chi connectivity index (χ2n) is 8.21. The number of anilines is 1. The maximum Gasteiger partial charge on any atom is 0.460 e. The number of hydrogen-bond donors (Lipinski definition) is 1. The third-order valence-corrected chi connectivity index (χ3v) is 5.55. The van der Waals surface area contributed by atoms with E-state index in [0.29, 0.717) is 6.92 Å². The number of alkyl halides is 15. The summed E-state index contributed by atoms with van der Waals surface area (Å²) in [5.74, 6) is -47.1. The molecule has 1 aromatic rings. The van der Waals surface area contributed by atoms with Crippen LogP contribution in [0.4, 0.5) is 71.5 Å². The Kier molecular flexibility index (Phi) is 8.55. The summed E-state index contributed by atoms with van der Waals surface area (Å²) in [6.45, 7) is 3.67. The Bertz CT molecular complexity index is 936. The van der Waals surface area contributed by atoms with E-state index in [0.717, 1.165) is 12.1 Å². The van der Waals surface area contributed by atoms with Crippen LogP contribution in [-0.2, 0) is 5.60 Å². The summed E-state index contributed by atoms with van der Waals surface area (Å²) in [4.78, 5) is 1.36. The number of nitrogens with zero attached hydrogens (tertiary/aromatic N) is 1. The number of benzene rings is 1. The Labute approximate surface area is 200 Å². The zero-order valence-electron chi connectivity index (χ0n) is 19.0. The quantitative estimate of drug-likeness (QED) is 0.276. The first-order chi connectivity index (χ1) is 16.2. The predicted octanol–water partition coefficient (Wildman–Crippen LogP) is 7.50. The molecule has 17 heteroatoms. The zero-order valence-corrected chi connectivity index (χ0v) is 19.0. The molecule has 0 aromatic heterocycles. The normalized spacial score (nSPS) is 16.5. The lowest BCUT2D eigenvalue weighted by molar-refractivity contribution is -0.453. The Morgan fingerprint density at radius 1 is 0.622 bits per heavy atom. The first-order valence-electron chi connectivity index (χ1n) is 10.1. The van der Waals surface area contributed by atoms with Crippen molar-refractivity contribution < 1.29 is 71.0 Å². The van der Waals surface area contributed by atoms with E-state index in [4.69, 9.17) is 0 Å². The van der Waals surface area contributed by atoms with Gasteiger partial charge in [0.25, 0.3) is 0 Å². The third kappa shape index (κ3) is 5.03. The summed E-state index contributed by atoms with van der Waals surface area (Å²) in [7, 11) is 0. The van der Waals surface area contributed by atoms with Crippen molar-refractivity contribution in [3.8, 4) is 0 Å². The Morgan fingerprint density at radius 2 is 1.00 bits per heavy atom. The highest BCUT2D eigenvalue weighted by Gasteiger charge is 2.93. The molecule has 0 aliphatic heterocycles. The molecule has 1 unspecified atom stereocenters. The molecule has 0 saturated carbocycles. The van der Waals surface area contributed by atoms with Crippen LogP contribution in [0, 0.1) is 0 Å². The second kappa shape index (κ2) is 9.59. The summed E-state index contributed by atoms with van der Waals surface area (Å²) >= 11 is 0. The van der Waals surface area contributed by atoms with Gasteiger partial charge in [0, 0.05) is 24.3 Å². The molecule has 0 heterocycles. The molecule has 1 aromatic carbocycles. The summed E-state index contributed by atoms with van der Waals surface area (Å²) in [5, 5.41) is 10.5. The van der Waals surface area contributed by atoms with E-state index in [1.54, 1.807) is 0 Å². The summed E-state index contributed by atoms with van der Waals surface area (Å²) in [6.07, 6.45) is -10.5. The number of para-hydroxylation sites is 1. The van der Waals surface area contributed by atoms with E-state index >= 15 is 0 Å². The maximum absolute atomic E-state index is 14.4. The topological polar surface area (TPSA) is 23.5 Å². The van der Waals surface area contributed by atoms with Gasteiger partial charge in [0.15, 0.2) is 0 Å². The molecule has 1 atom stereocenters. The molecule has 216 valence electrons. The van der Waals surface area contributed by atoms with E-state index in [-0.39, 0.29) is 18.8 Å². The van der Waals surface area contributed by atoms with Crippen molar-refractivity contribution in [1.29, 1.82) is 0 Å². The molecule has 1 N–H and O–H groups in total. The lowest BCUT2D eigenvalue weighted by Gasteiger charge is -2.42. The average Bonchev–Trinajstić information content (AvgIpc) is 2.72. The van der Waals surface area contributed by atoms with Crippen molar-refractivity contribution >= 4 is 5.69 Å². The number of halogens is 15. The highest BCUT2D eigenvalue weighted by atomic mass is 19.4. The van der Waals surface area contributed by atoms with E-state index in [1.165, 1.54) is 30.9 Å². The Morgan fingerprint density at radius 3 is 1.41 bits per heavy atom. The molecule has 0 aliphatic rings. The molecular formula is C20H20F15NO. The molecule has 0 amide bonds. The molecular weight excluding hydrogens is 555 g/mol. The highest BCUT2D eigenvalue weighted by molar-refractivity contribution is 5.56. The van der Waals surface area contributed by atoms with Crippen LogP contribution < -0.4 is 4.90 Å². The fourth-order valence-electron chi connectivity index (χ4n) is 3.41. The predicted molar refractivity (Wildman–Crippen MR) is 99.9 cm³/mol. The van der Waals surface area contributed by atoms with Gasteiger partial charge in [-0.05, 0) is 26.8 Å². The second-order valence-corrected chi connectivity index (χ2v) is 8.21. The summed E-state index contributed by atoms with van der Waals surface area (Å²) in [5.41, 5.74) is -4.00. The van der Waals surface area contributed by atoms with E-state index in [2.05, 4.69) is 0 Å². The van der Waals surface area contributed by atoms with E-state index in [9.17, 15) is 71.0 Å². The molecule has 0 bridgehead atoms. The SMILES string of the molecule is CCN(CC)c1ccccc1C(C)(O)CC(F)(F)C(F)(F)C(F)(F)C(F)(F)C(F)(F)C(F)(F)C(F)(F)F. The largest absolute Gasteiger partial charge is 0.460 e. The monoisotopic (exact) mass is 575 g/mol. The van der Waals surface area contributed by atoms with Crippen LogP contribution in [0.15, 0.2) is 24.3 Å². The molecule has 0 radical (unpaired) electrons. The van der Waals surface area contributed by atoms with Crippen LogP contribution in [0.2, 0.25) is 0 Å². The minimum atomic E-state index is -8.36. The highest BCUT2D eigenvalue weighted by Crippen LogP contribution is 2.63. The van der Waals surface area contributed by atoms with Crippen LogP contribution in [-0.4, -0.2) is 59.9 Å². The van der Waals surface area contributed by atoms with Crippen molar-refractivity contribution in [2.24, 2.45) is 0 Å². The van der Waals surface area contributed by atoms with Crippen LogP contribution in [0.3, 0.4) is 0 Å². The number of hydrogen-bond acceptors (Lipinski definition) is 2. The van der Waals surface area contributed by atoms with Crippen LogP contribution in [0.5, 0.6) is 0 Å². The number of rotatable bonds is 11. The van der Waals surface area contributed by atoms with Crippen molar-refractivity contribution in [2.45, 2.75) is 74.5 Å². The molecule has 0 aliphatic carbocycles. The van der Waals surface area contributed by atoms with Gasteiger partial charge in [-0.2, -0.15) is 65.9 Å². The minimum absolute atomic E-state index is 0.106. The number of aliphatic hydroxyl groups is 1. The average molecular weight is 575 g/mol. The lowest BCUT2D eigenvalue weighted by atomic mass is 9.83. The van der Waals surface area contributed by atoms with Gasteiger partial charge in [0.05, 0.1) is 12.0 Å². The minimum Gasteiger partial charge on any atom is -0.385 e. The zero-order chi connectivity index (χ0) is 29.7. The van der Waals surface area contributed by atoms with Gasteiger partial charge in [0.2, 0.25) is 0 Å². The fraction of sp³-hybridized carbons (Fsp3) is 0.700. The molecule has 0 fully saturated rings. The van der Waals surface area contributed by atoms with Gasteiger partial charge in [-0.3, -0.25) is 0 Å². The van der Waals surface area contributed by atoms with Crippen molar-refractivity contribution in [1.82, 2.24) is 0 Å². The molecule has 1 rings (SSSR count). The van der Waals surface area contributed by atoms with Gasteiger partial charge in [-0.1, -0.05) is 18.2 Å². The standard InChI is InChI=1S/C20H20F15NO/c1-4-36(5-2)12-9-7-6-8-11(12)13(3,37)10-14(21,22)15(23,24)16(25,26)17(27,28)18(29,30)19(31,32)20(33,34)35/h6-9,37H,4-5,10H2,1-3H3. The lowest BCUT2D eigenvalue weighted by Crippen LogP contribution is -2.72. The van der Waals surface area contributed by atoms with Crippen LogP contribution >= 0.6 is 0 Å². The van der Waals surface area contributed by atoms with Crippen molar-refractivity contribution in [3.63, 3.8) is 0 Å². The fourth-order valence-corrected chi connectivity index (χ4v) is 3.41. The molecule has 0 saturated heterocycles.